The van der Waals surface area contributed by atoms with Crippen LogP contribution in [0.25, 0.3) is 0 Å². The summed E-state index contributed by atoms with van der Waals surface area (Å²) in [5, 5.41) is 11.7. The number of hydrogen-bond acceptors (Lipinski definition) is 4. The standard InChI is InChI=1S/C14H17NO5S/c1-9(15-12(16)14(7-8-14)13(17)18)10-3-5-11(6-4-10)21(2,19)20/h3-6,9H,7-8H2,1-2H3,(H,15,16)(H,17,18). The number of benzene rings is 1. The lowest BCUT2D eigenvalue weighted by Gasteiger charge is -2.17. The topological polar surface area (TPSA) is 101 Å². The number of carbonyl (C=O) groups excluding carboxylic acids is 1. The number of carboxylic acids is 1. The molecular formula is C14H17NO5S. The van der Waals surface area contributed by atoms with E-state index in [4.69, 9.17) is 5.11 Å². The minimum atomic E-state index is -3.26. The zero-order valence-electron chi connectivity index (χ0n) is 11.8. The van der Waals surface area contributed by atoms with E-state index in [-0.39, 0.29) is 10.9 Å². The van der Waals surface area contributed by atoms with Crippen molar-refractivity contribution >= 4 is 21.7 Å². The van der Waals surface area contributed by atoms with Crippen molar-refractivity contribution in [3.63, 3.8) is 0 Å². The second-order valence-corrected chi connectivity index (χ2v) is 7.44. The van der Waals surface area contributed by atoms with Gasteiger partial charge >= 0.3 is 5.97 Å². The quantitative estimate of drug-likeness (QED) is 0.794. The summed E-state index contributed by atoms with van der Waals surface area (Å²) in [7, 11) is -3.26. The predicted octanol–water partition coefficient (Wildman–Crippen LogP) is 1.13. The molecule has 6 nitrogen and oxygen atoms in total. The fourth-order valence-corrected chi connectivity index (χ4v) is 2.72. The first-order valence-corrected chi connectivity index (χ1v) is 8.40. The van der Waals surface area contributed by atoms with E-state index in [1.807, 2.05) is 0 Å². The van der Waals surface area contributed by atoms with Gasteiger partial charge in [-0.2, -0.15) is 0 Å². The molecule has 2 rings (SSSR count). The molecule has 1 aromatic carbocycles. The first-order chi connectivity index (χ1) is 9.67. The third-order valence-electron chi connectivity index (χ3n) is 3.75. The highest BCUT2D eigenvalue weighted by atomic mass is 32.2. The predicted molar refractivity (Wildman–Crippen MR) is 75.4 cm³/mol. The molecule has 1 atom stereocenters. The van der Waals surface area contributed by atoms with E-state index in [9.17, 15) is 18.0 Å². The Balaban J connectivity index is 2.09. The van der Waals surface area contributed by atoms with Gasteiger partial charge in [0.15, 0.2) is 9.84 Å². The third kappa shape index (κ3) is 3.07. The molecule has 1 aliphatic rings. The molecule has 1 aromatic rings. The first kappa shape index (κ1) is 15.5. The van der Waals surface area contributed by atoms with Gasteiger partial charge in [0.2, 0.25) is 5.91 Å². The summed E-state index contributed by atoms with van der Waals surface area (Å²) >= 11 is 0. The summed E-state index contributed by atoms with van der Waals surface area (Å²) < 4.78 is 22.7. The van der Waals surface area contributed by atoms with Crippen molar-refractivity contribution in [3.8, 4) is 0 Å². The summed E-state index contributed by atoms with van der Waals surface area (Å²) in [5.41, 5.74) is -0.557. The van der Waals surface area contributed by atoms with Crippen molar-refractivity contribution in [1.29, 1.82) is 0 Å². The average molecular weight is 311 g/mol. The van der Waals surface area contributed by atoms with Crippen LogP contribution in [0.3, 0.4) is 0 Å². The number of carbonyl (C=O) groups is 2. The minimum Gasteiger partial charge on any atom is -0.480 e. The highest BCUT2D eigenvalue weighted by molar-refractivity contribution is 7.90. The van der Waals surface area contributed by atoms with Crippen LogP contribution in [-0.4, -0.2) is 31.7 Å². The van der Waals surface area contributed by atoms with Crippen molar-refractivity contribution in [3.05, 3.63) is 29.8 Å². The van der Waals surface area contributed by atoms with Crippen LogP contribution in [0.15, 0.2) is 29.2 Å². The number of carboxylic acid groups (broad SMARTS) is 1. The molecule has 21 heavy (non-hydrogen) atoms. The van der Waals surface area contributed by atoms with E-state index in [1.165, 1.54) is 12.1 Å². The number of rotatable bonds is 5. The maximum atomic E-state index is 12.0. The van der Waals surface area contributed by atoms with Crippen LogP contribution in [0.2, 0.25) is 0 Å². The maximum Gasteiger partial charge on any atom is 0.319 e. The normalized spacial score (nSPS) is 17.8. The van der Waals surface area contributed by atoms with Crippen molar-refractivity contribution in [2.24, 2.45) is 5.41 Å². The van der Waals surface area contributed by atoms with Gasteiger partial charge in [0.25, 0.3) is 0 Å². The van der Waals surface area contributed by atoms with Gasteiger partial charge in [-0.3, -0.25) is 9.59 Å². The first-order valence-electron chi connectivity index (χ1n) is 6.51. The van der Waals surface area contributed by atoms with E-state index in [0.29, 0.717) is 12.8 Å². The van der Waals surface area contributed by atoms with E-state index >= 15 is 0 Å². The van der Waals surface area contributed by atoms with Crippen molar-refractivity contribution in [2.75, 3.05) is 6.26 Å². The van der Waals surface area contributed by atoms with Crippen LogP contribution in [0.1, 0.15) is 31.4 Å². The molecule has 1 amide bonds. The average Bonchev–Trinajstić information content (AvgIpc) is 3.19. The molecule has 1 aliphatic carbocycles. The molecule has 0 heterocycles. The largest absolute Gasteiger partial charge is 0.480 e. The van der Waals surface area contributed by atoms with E-state index in [2.05, 4.69) is 5.32 Å². The number of amides is 1. The summed E-state index contributed by atoms with van der Waals surface area (Å²) in [6.45, 7) is 1.73. The second kappa shape index (κ2) is 5.14. The van der Waals surface area contributed by atoms with Gasteiger partial charge in [0.05, 0.1) is 10.9 Å². The Hall–Kier alpha value is -1.89. The number of sulfone groups is 1. The van der Waals surface area contributed by atoms with Gasteiger partial charge in [-0.1, -0.05) is 12.1 Å². The Morgan fingerprint density at radius 2 is 1.76 bits per heavy atom. The molecule has 0 saturated heterocycles. The van der Waals surface area contributed by atoms with Gasteiger partial charge in [-0.05, 0) is 37.5 Å². The molecule has 0 bridgehead atoms. The number of hydrogen-bond donors (Lipinski definition) is 2. The number of nitrogens with one attached hydrogen (secondary N) is 1. The Bertz CT molecular complexity index is 674. The number of aliphatic carboxylic acids is 1. The molecule has 1 fully saturated rings. The van der Waals surface area contributed by atoms with Crippen molar-refractivity contribution in [1.82, 2.24) is 5.32 Å². The molecule has 0 aliphatic heterocycles. The summed E-state index contributed by atoms with van der Waals surface area (Å²) in [6.07, 6.45) is 1.83. The Morgan fingerprint density at radius 3 is 2.14 bits per heavy atom. The van der Waals surface area contributed by atoms with Gasteiger partial charge in [0, 0.05) is 6.26 Å². The fourth-order valence-electron chi connectivity index (χ4n) is 2.08. The maximum absolute atomic E-state index is 12.0. The Labute approximate surface area is 123 Å². The van der Waals surface area contributed by atoms with Crippen LogP contribution < -0.4 is 5.32 Å². The minimum absolute atomic E-state index is 0.203. The molecule has 0 radical (unpaired) electrons. The highest BCUT2D eigenvalue weighted by Gasteiger charge is 2.57. The lowest BCUT2D eigenvalue weighted by atomic mass is 10.0. The van der Waals surface area contributed by atoms with E-state index in [0.717, 1.165) is 11.8 Å². The van der Waals surface area contributed by atoms with Crippen LogP contribution >= 0.6 is 0 Å². The van der Waals surface area contributed by atoms with E-state index < -0.39 is 27.1 Å². The fraction of sp³-hybridized carbons (Fsp3) is 0.429. The third-order valence-corrected chi connectivity index (χ3v) is 4.88. The molecule has 1 unspecified atom stereocenters. The lowest BCUT2D eigenvalue weighted by molar-refractivity contribution is -0.149. The van der Waals surface area contributed by atoms with Gasteiger partial charge in [-0.25, -0.2) is 8.42 Å². The molecule has 0 spiro atoms. The van der Waals surface area contributed by atoms with Crippen molar-refractivity contribution in [2.45, 2.75) is 30.7 Å². The molecule has 0 aromatic heterocycles. The van der Waals surface area contributed by atoms with Crippen LogP contribution in [0.5, 0.6) is 0 Å². The van der Waals surface area contributed by atoms with Gasteiger partial charge < -0.3 is 10.4 Å². The van der Waals surface area contributed by atoms with Crippen LogP contribution in [0.4, 0.5) is 0 Å². The lowest BCUT2D eigenvalue weighted by Crippen LogP contribution is -2.38. The van der Waals surface area contributed by atoms with Crippen LogP contribution in [0, 0.1) is 5.41 Å². The highest BCUT2D eigenvalue weighted by Crippen LogP contribution is 2.46. The zero-order chi connectivity index (χ0) is 15.8. The summed E-state index contributed by atoms with van der Waals surface area (Å²) in [5.74, 6) is -1.59. The summed E-state index contributed by atoms with van der Waals surface area (Å²) in [4.78, 5) is 23.3. The van der Waals surface area contributed by atoms with Gasteiger partial charge in [-0.15, -0.1) is 0 Å². The zero-order valence-corrected chi connectivity index (χ0v) is 12.6. The molecular weight excluding hydrogens is 294 g/mol. The van der Waals surface area contributed by atoms with E-state index in [1.54, 1.807) is 19.1 Å². The SMILES string of the molecule is CC(NC(=O)C1(C(=O)O)CC1)c1ccc(S(C)(=O)=O)cc1. The molecule has 7 heteroatoms. The summed E-state index contributed by atoms with van der Waals surface area (Å²) in [6, 6.07) is 5.78. The van der Waals surface area contributed by atoms with Crippen LogP contribution in [-0.2, 0) is 19.4 Å². The second-order valence-electron chi connectivity index (χ2n) is 5.42. The Kier molecular flexibility index (Phi) is 3.79. The smallest absolute Gasteiger partial charge is 0.319 e. The monoisotopic (exact) mass is 311 g/mol. The Morgan fingerprint density at radius 1 is 1.24 bits per heavy atom. The molecule has 1 saturated carbocycles. The molecule has 114 valence electrons. The van der Waals surface area contributed by atoms with Crippen molar-refractivity contribution < 1.29 is 23.1 Å². The molecule has 2 N–H and O–H groups in total. The van der Waals surface area contributed by atoms with Gasteiger partial charge in [0.1, 0.15) is 5.41 Å².